The van der Waals surface area contributed by atoms with Crippen LogP contribution in [0.25, 0.3) is 16.7 Å². The number of imidazole rings is 1. The molecule has 3 nitrogen and oxygen atoms in total. The maximum atomic E-state index is 5.98. The predicted octanol–water partition coefficient (Wildman–Crippen LogP) is 4.02. The first-order valence-electron chi connectivity index (χ1n) is 5.34. The third-order valence-electron chi connectivity index (χ3n) is 2.73. The molecule has 0 spiro atoms. The van der Waals surface area contributed by atoms with E-state index in [1.807, 2.05) is 47.0 Å². The summed E-state index contributed by atoms with van der Waals surface area (Å²) in [5.74, 6) is 0.463. The van der Waals surface area contributed by atoms with Gasteiger partial charge in [-0.2, -0.15) is 0 Å². The SMILES string of the molecule is Nc1nc2cc(Br)ccc2n1-c1ccc(Cl)cc1. The molecule has 0 radical (unpaired) electrons. The molecule has 2 N–H and O–H groups in total. The van der Waals surface area contributed by atoms with Crippen molar-refractivity contribution in [2.45, 2.75) is 0 Å². The minimum Gasteiger partial charge on any atom is -0.369 e. The first-order valence-corrected chi connectivity index (χ1v) is 6.52. The number of nitrogens with two attached hydrogens (primary N) is 1. The van der Waals surface area contributed by atoms with Crippen LogP contribution < -0.4 is 5.73 Å². The number of anilines is 1. The van der Waals surface area contributed by atoms with E-state index in [4.69, 9.17) is 17.3 Å². The molecule has 0 atom stereocenters. The molecule has 0 fully saturated rings. The van der Waals surface area contributed by atoms with Gasteiger partial charge in [0.05, 0.1) is 11.0 Å². The fraction of sp³-hybridized carbons (Fsp3) is 0. The molecule has 0 bridgehead atoms. The van der Waals surface area contributed by atoms with Crippen molar-refractivity contribution in [1.29, 1.82) is 0 Å². The molecule has 1 aromatic heterocycles. The fourth-order valence-electron chi connectivity index (χ4n) is 1.93. The van der Waals surface area contributed by atoms with Crippen molar-refractivity contribution in [3.63, 3.8) is 0 Å². The molecule has 0 aliphatic heterocycles. The van der Waals surface area contributed by atoms with Crippen molar-refractivity contribution in [2.24, 2.45) is 0 Å². The zero-order chi connectivity index (χ0) is 12.7. The van der Waals surface area contributed by atoms with Crippen LogP contribution in [-0.2, 0) is 0 Å². The van der Waals surface area contributed by atoms with E-state index >= 15 is 0 Å². The summed E-state index contributed by atoms with van der Waals surface area (Å²) in [5.41, 5.74) is 8.75. The lowest BCUT2D eigenvalue weighted by Gasteiger charge is -2.06. The average molecular weight is 323 g/mol. The van der Waals surface area contributed by atoms with E-state index in [9.17, 15) is 0 Å². The molecule has 18 heavy (non-hydrogen) atoms. The molecule has 3 aromatic rings. The van der Waals surface area contributed by atoms with E-state index in [1.54, 1.807) is 0 Å². The van der Waals surface area contributed by atoms with Gasteiger partial charge < -0.3 is 5.73 Å². The Bertz CT molecular complexity index is 719. The highest BCUT2D eigenvalue weighted by molar-refractivity contribution is 9.10. The highest BCUT2D eigenvalue weighted by Crippen LogP contribution is 2.26. The van der Waals surface area contributed by atoms with Gasteiger partial charge in [0.2, 0.25) is 5.95 Å². The zero-order valence-corrected chi connectivity index (χ0v) is 11.6. The average Bonchev–Trinajstić information content (AvgIpc) is 2.65. The van der Waals surface area contributed by atoms with Crippen LogP contribution in [0.2, 0.25) is 5.02 Å². The molecule has 0 unspecified atom stereocenters. The van der Waals surface area contributed by atoms with Crippen LogP contribution in [0.5, 0.6) is 0 Å². The van der Waals surface area contributed by atoms with Crippen LogP contribution in [0, 0.1) is 0 Å². The van der Waals surface area contributed by atoms with E-state index in [-0.39, 0.29) is 0 Å². The Balaban J connectivity index is 2.28. The Morgan fingerprint density at radius 3 is 2.56 bits per heavy atom. The van der Waals surface area contributed by atoms with Crippen molar-refractivity contribution in [3.05, 3.63) is 52.0 Å². The highest BCUT2D eigenvalue weighted by Gasteiger charge is 2.09. The van der Waals surface area contributed by atoms with Crippen molar-refractivity contribution in [3.8, 4) is 5.69 Å². The predicted molar refractivity (Wildman–Crippen MR) is 78.2 cm³/mol. The van der Waals surface area contributed by atoms with Crippen molar-refractivity contribution >= 4 is 44.5 Å². The second kappa shape index (κ2) is 4.30. The summed E-state index contributed by atoms with van der Waals surface area (Å²) < 4.78 is 2.88. The Morgan fingerprint density at radius 2 is 1.83 bits per heavy atom. The van der Waals surface area contributed by atoms with E-state index in [0.717, 1.165) is 21.2 Å². The number of nitrogens with zero attached hydrogens (tertiary/aromatic N) is 2. The number of hydrogen-bond acceptors (Lipinski definition) is 2. The normalized spacial score (nSPS) is 11.0. The van der Waals surface area contributed by atoms with E-state index in [1.165, 1.54) is 0 Å². The smallest absolute Gasteiger partial charge is 0.205 e. The maximum Gasteiger partial charge on any atom is 0.205 e. The first kappa shape index (κ1) is 11.6. The molecule has 1 heterocycles. The third kappa shape index (κ3) is 1.87. The van der Waals surface area contributed by atoms with Crippen molar-refractivity contribution < 1.29 is 0 Å². The molecule has 0 aliphatic carbocycles. The Morgan fingerprint density at radius 1 is 1.11 bits per heavy atom. The van der Waals surface area contributed by atoms with Crippen molar-refractivity contribution in [1.82, 2.24) is 9.55 Å². The molecular formula is C13H9BrClN3. The van der Waals surface area contributed by atoms with Gasteiger partial charge in [-0.3, -0.25) is 4.57 Å². The van der Waals surface area contributed by atoms with Crippen LogP contribution in [0.1, 0.15) is 0 Å². The van der Waals surface area contributed by atoms with Gasteiger partial charge in [-0.05, 0) is 42.5 Å². The number of hydrogen-bond donors (Lipinski definition) is 1. The molecule has 0 aliphatic rings. The van der Waals surface area contributed by atoms with Crippen LogP contribution in [0.3, 0.4) is 0 Å². The summed E-state index contributed by atoms with van der Waals surface area (Å²) in [6.45, 7) is 0. The molecule has 90 valence electrons. The summed E-state index contributed by atoms with van der Waals surface area (Å²) >= 11 is 9.31. The summed E-state index contributed by atoms with van der Waals surface area (Å²) in [7, 11) is 0. The summed E-state index contributed by atoms with van der Waals surface area (Å²) in [4.78, 5) is 4.35. The van der Waals surface area contributed by atoms with Gasteiger partial charge >= 0.3 is 0 Å². The minimum absolute atomic E-state index is 0.463. The lowest BCUT2D eigenvalue weighted by Crippen LogP contribution is -2.00. The number of aromatic nitrogens is 2. The Hall–Kier alpha value is -1.52. The second-order valence-corrected chi connectivity index (χ2v) is 5.27. The van der Waals surface area contributed by atoms with Crippen LogP contribution in [0.4, 0.5) is 5.95 Å². The van der Waals surface area contributed by atoms with Gasteiger partial charge in [-0.1, -0.05) is 27.5 Å². The fourth-order valence-corrected chi connectivity index (χ4v) is 2.41. The monoisotopic (exact) mass is 321 g/mol. The summed E-state index contributed by atoms with van der Waals surface area (Å²) in [6, 6.07) is 13.4. The standard InChI is InChI=1S/C13H9BrClN3/c14-8-1-6-12-11(7-8)17-13(16)18(12)10-4-2-9(15)3-5-10/h1-7H,(H2,16,17). The molecule has 0 saturated carbocycles. The number of halogens is 2. The first-order chi connectivity index (χ1) is 8.65. The summed E-state index contributed by atoms with van der Waals surface area (Å²) in [5, 5.41) is 0.699. The maximum absolute atomic E-state index is 5.98. The van der Waals surface area contributed by atoms with E-state index in [0.29, 0.717) is 11.0 Å². The quantitative estimate of drug-likeness (QED) is 0.735. The van der Waals surface area contributed by atoms with Gasteiger partial charge in [0.15, 0.2) is 0 Å². The topological polar surface area (TPSA) is 43.8 Å². The molecule has 3 rings (SSSR count). The lowest BCUT2D eigenvalue weighted by molar-refractivity contribution is 1.11. The van der Waals surface area contributed by atoms with Crippen molar-refractivity contribution in [2.75, 3.05) is 5.73 Å². The highest BCUT2D eigenvalue weighted by atomic mass is 79.9. The molecule has 0 saturated heterocycles. The molecule has 2 aromatic carbocycles. The van der Waals surface area contributed by atoms with E-state index in [2.05, 4.69) is 20.9 Å². The van der Waals surface area contributed by atoms with Crippen LogP contribution >= 0.6 is 27.5 Å². The Labute approximate surface area is 117 Å². The van der Waals surface area contributed by atoms with Crippen LogP contribution in [-0.4, -0.2) is 9.55 Å². The molecule has 0 amide bonds. The number of rotatable bonds is 1. The van der Waals surface area contributed by atoms with Gasteiger partial charge in [-0.15, -0.1) is 0 Å². The molecule has 5 heteroatoms. The molecular weight excluding hydrogens is 314 g/mol. The van der Waals surface area contributed by atoms with E-state index < -0.39 is 0 Å². The minimum atomic E-state index is 0.463. The summed E-state index contributed by atoms with van der Waals surface area (Å²) in [6.07, 6.45) is 0. The number of nitrogen functional groups attached to an aromatic ring is 1. The van der Waals surface area contributed by atoms with Gasteiger partial charge in [0.1, 0.15) is 0 Å². The van der Waals surface area contributed by atoms with Crippen LogP contribution in [0.15, 0.2) is 46.9 Å². The third-order valence-corrected chi connectivity index (χ3v) is 3.47. The second-order valence-electron chi connectivity index (χ2n) is 3.91. The van der Waals surface area contributed by atoms with Gasteiger partial charge in [0, 0.05) is 15.2 Å². The zero-order valence-electron chi connectivity index (χ0n) is 9.27. The lowest BCUT2D eigenvalue weighted by atomic mass is 10.3. The number of benzene rings is 2. The van der Waals surface area contributed by atoms with Gasteiger partial charge in [0.25, 0.3) is 0 Å². The Kier molecular flexibility index (Phi) is 2.76. The largest absolute Gasteiger partial charge is 0.369 e. The number of fused-ring (bicyclic) bond motifs is 1. The van der Waals surface area contributed by atoms with Gasteiger partial charge in [-0.25, -0.2) is 4.98 Å².